The lowest BCUT2D eigenvalue weighted by Gasteiger charge is -2.28. The first kappa shape index (κ1) is 23.1. The largest absolute Gasteiger partial charge is 0.374 e. The van der Waals surface area contributed by atoms with Crippen LogP contribution in [0, 0.1) is 5.41 Å². The van der Waals surface area contributed by atoms with E-state index in [2.05, 4.69) is 20.8 Å². The zero-order chi connectivity index (χ0) is 19.8. The molecule has 0 saturated carbocycles. The van der Waals surface area contributed by atoms with Gasteiger partial charge in [-0.25, -0.2) is 0 Å². The summed E-state index contributed by atoms with van der Waals surface area (Å²) in [7, 11) is 0. The van der Waals surface area contributed by atoms with Crippen LogP contribution in [0.1, 0.15) is 99.3 Å². The van der Waals surface area contributed by atoms with Crippen molar-refractivity contribution < 1.29 is 14.3 Å². The molecule has 0 spiro atoms. The van der Waals surface area contributed by atoms with Crippen LogP contribution < -0.4 is 0 Å². The van der Waals surface area contributed by atoms with Crippen LogP contribution >= 0.6 is 0 Å². The quantitative estimate of drug-likeness (QED) is 0.502. The molecule has 0 aliphatic carbocycles. The fourth-order valence-corrected chi connectivity index (χ4v) is 3.29. The molecule has 0 unspecified atom stereocenters. The van der Waals surface area contributed by atoms with Crippen molar-refractivity contribution in [2.45, 2.75) is 111 Å². The molecular weight excluding hydrogens is 326 g/mol. The summed E-state index contributed by atoms with van der Waals surface area (Å²) in [5.74, 6) is 0.637. The Labute approximate surface area is 161 Å². The van der Waals surface area contributed by atoms with Crippen molar-refractivity contribution in [3.05, 3.63) is 0 Å². The number of carbonyl (C=O) groups excluding carboxylic acids is 2. The Morgan fingerprint density at radius 1 is 0.923 bits per heavy atom. The van der Waals surface area contributed by atoms with E-state index in [1.807, 2.05) is 25.7 Å². The maximum absolute atomic E-state index is 12.5. The normalized spacial score (nSPS) is 18.4. The minimum Gasteiger partial charge on any atom is -0.374 e. The number of nitrogens with zero attached hydrogens (tertiary/aromatic N) is 1. The summed E-state index contributed by atoms with van der Waals surface area (Å²) in [6, 6.07) is 0.255. The summed E-state index contributed by atoms with van der Waals surface area (Å²) >= 11 is 0. The number of ether oxygens (including phenoxy) is 1. The van der Waals surface area contributed by atoms with Gasteiger partial charge in [-0.05, 0) is 46.5 Å². The highest BCUT2D eigenvalue weighted by Crippen LogP contribution is 2.22. The van der Waals surface area contributed by atoms with Crippen molar-refractivity contribution in [2.24, 2.45) is 5.41 Å². The van der Waals surface area contributed by atoms with Crippen molar-refractivity contribution in [1.29, 1.82) is 0 Å². The molecule has 1 amide bonds. The van der Waals surface area contributed by atoms with Gasteiger partial charge in [0.1, 0.15) is 5.78 Å². The van der Waals surface area contributed by atoms with Gasteiger partial charge in [-0.3, -0.25) is 9.59 Å². The number of hydrogen-bond donors (Lipinski definition) is 0. The van der Waals surface area contributed by atoms with Gasteiger partial charge >= 0.3 is 0 Å². The van der Waals surface area contributed by atoms with Crippen LogP contribution in [0.3, 0.4) is 0 Å². The maximum Gasteiger partial charge on any atom is 0.222 e. The van der Waals surface area contributed by atoms with E-state index in [4.69, 9.17) is 4.74 Å². The highest BCUT2D eigenvalue weighted by Gasteiger charge is 2.29. The fraction of sp³-hybridized carbons (Fsp3) is 0.909. The Bertz CT molecular complexity index is 445. The molecule has 4 nitrogen and oxygen atoms in total. The number of hydrogen-bond acceptors (Lipinski definition) is 3. The zero-order valence-corrected chi connectivity index (χ0v) is 18.0. The van der Waals surface area contributed by atoms with Crippen molar-refractivity contribution in [2.75, 3.05) is 13.2 Å². The first-order valence-electron chi connectivity index (χ1n) is 10.5. The predicted octanol–water partition coefficient (Wildman–Crippen LogP) is 5.14. The second-order valence-electron chi connectivity index (χ2n) is 9.75. The van der Waals surface area contributed by atoms with E-state index < -0.39 is 0 Å². The highest BCUT2D eigenvalue weighted by molar-refractivity contribution is 5.83. The summed E-state index contributed by atoms with van der Waals surface area (Å²) in [5, 5.41) is 0. The van der Waals surface area contributed by atoms with Gasteiger partial charge in [-0.2, -0.15) is 0 Å². The first-order valence-corrected chi connectivity index (χ1v) is 10.5. The zero-order valence-electron chi connectivity index (χ0n) is 18.0. The Morgan fingerprint density at radius 3 is 2.08 bits per heavy atom. The van der Waals surface area contributed by atoms with E-state index in [-0.39, 0.29) is 23.0 Å². The number of amides is 1. The van der Waals surface area contributed by atoms with Crippen LogP contribution in [-0.2, 0) is 14.3 Å². The van der Waals surface area contributed by atoms with Crippen molar-refractivity contribution >= 4 is 11.7 Å². The molecule has 0 aromatic carbocycles. The topological polar surface area (TPSA) is 46.6 Å². The van der Waals surface area contributed by atoms with Gasteiger partial charge < -0.3 is 9.64 Å². The molecule has 1 aliphatic rings. The fourth-order valence-electron chi connectivity index (χ4n) is 3.29. The third-order valence-corrected chi connectivity index (χ3v) is 5.04. The Hall–Kier alpha value is -0.900. The summed E-state index contributed by atoms with van der Waals surface area (Å²) in [4.78, 5) is 26.4. The highest BCUT2D eigenvalue weighted by atomic mass is 16.5. The van der Waals surface area contributed by atoms with E-state index in [0.717, 1.165) is 51.5 Å². The molecule has 0 bridgehead atoms. The van der Waals surface area contributed by atoms with Gasteiger partial charge in [0.2, 0.25) is 5.91 Å². The molecule has 1 fully saturated rings. The molecule has 26 heavy (non-hydrogen) atoms. The Kier molecular flexibility index (Phi) is 9.29. The van der Waals surface area contributed by atoms with E-state index in [1.54, 1.807) is 0 Å². The SMILES string of the molecule is CC(C)(C)OC[C@@H]1CCCN1C(=O)CCCCCCCC(=O)C(C)(C)C. The lowest BCUT2D eigenvalue weighted by Crippen LogP contribution is -2.39. The minimum atomic E-state index is -0.213. The molecule has 1 saturated heterocycles. The molecule has 0 aromatic heterocycles. The number of rotatable bonds is 10. The van der Waals surface area contributed by atoms with Crippen molar-refractivity contribution in [3.63, 3.8) is 0 Å². The lowest BCUT2D eigenvalue weighted by molar-refractivity contribution is -0.134. The van der Waals surface area contributed by atoms with Crippen molar-refractivity contribution in [1.82, 2.24) is 4.90 Å². The van der Waals surface area contributed by atoms with Gasteiger partial charge in [-0.15, -0.1) is 0 Å². The molecule has 4 heteroatoms. The Balaban J connectivity index is 2.15. The summed E-state index contributed by atoms with van der Waals surface area (Å²) in [6.07, 6.45) is 8.68. The lowest BCUT2D eigenvalue weighted by atomic mass is 9.88. The molecule has 1 aliphatic heterocycles. The third kappa shape index (κ3) is 9.16. The second kappa shape index (κ2) is 10.4. The average molecular weight is 368 g/mol. The summed E-state index contributed by atoms with van der Waals surface area (Å²) < 4.78 is 5.89. The van der Waals surface area contributed by atoms with Gasteiger partial charge in [0.05, 0.1) is 18.2 Å². The predicted molar refractivity (Wildman–Crippen MR) is 107 cm³/mol. The monoisotopic (exact) mass is 367 g/mol. The number of likely N-dealkylation sites (tertiary alicyclic amines) is 1. The smallest absolute Gasteiger partial charge is 0.222 e. The van der Waals surface area contributed by atoms with E-state index in [1.165, 1.54) is 0 Å². The molecule has 0 aromatic rings. The number of carbonyl (C=O) groups is 2. The number of unbranched alkanes of at least 4 members (excludes halogenated alkanes) is 4. The van der Waals surface area contributed by atoms with Gasteiger partial charge in [0.15, 0.2) is 0 Å². The average Bonchev–Trinajstić information content (AvgIpc) is 2.98. The molecule has 1 atom stereocenters. The molecular formula is C22H41NO3. The molecule has 1 heterocycles. The van der Waals surface area contributed by atoms with E-state index in [9.17, 15) is 9.59 Å². The van der Waals surface area contributed by atoms with Gasteiger partial charge in [0.25, 0.3) is 0 Å². The summed E-state index contributed by atoms with van der Waals surface area (Å²) in [5.41, 5.74) is -0.360. The van der Waals surface area contributed by atoms with Gasteiger partial charge in [-0.1, -0.05) is 40.0 Å². The standard InChI is InChI=1S/C22H41NO3/c1-21(2,3)19(24)14-10-8-7-9-11-15-20(25)23-16-12-13-18(23)17-26-22(4,5)6/h18H,7-17H2,1-6H3/t18-/m0/s1. The number of ketones is 1. The van der Waals surface area contributed by atoms with Crippen LogP contribution in [0.5, 0.6) is 0 Å². The Morgan fingerprint density at radius 2 is 1.50 bits per heavy atom. The van der Waals surface area contributed by atoms with E-state index >= 15 is 0 Å². The van der Waals surface area contributed by atoms with Crippen LogP contribution in [-0.4, -0.2) is 41.4 Å². The van der Waals surface area contributed by atoms with Gasteiger partial charge in [0, 0.05) is 24.8 Å². The first-order chi connectivity index (χ1) is 12.0. The summed E-state index contributed by atoms with van der Waals surface area (Å²) in [6.45, 7) is 13.7. The molecule has 0 radical (unpaired) electrons. The van der Waals surface area contributed by atoms with Crippen LogP contribution in [0.25, 0.3) is 0 Å². The number of Topliss-reactive ketones (excluding diaryl/α,β-unsaturated/α-hetero) is 1. The maximum atomic E-state index is 12.5. The molecule has 1 rings (SSSR count). The minimum absolute atomic E-state index is 0.147. The van der Waals surface area contributed by atoms with Crippen molar-refractivity contribution in [3.8, 4) is 0 Å². The third-order valence-electron chi connectivity index (χ3n) is 5.04. The van der Waals surface area contributed by atoms with Crippen LogP contribution in [0.2, 0.25) is 0 Å². The molecule has 152 valence electrons. The van der Waals surface area contributed by atoms with Crippen LogP contribution in [0.15, 0.2) is 0 Å². The second-order valence-corrected chi connectivity index (χ2v) is 9.75. The van der Waals surface area contributed by atoms with E-state index in [0.29, 0.717) is 25.2 Å². The van der Waals surface area contributed by atoms with Crippen LogP contribution in [0.4, 0.5) is 0 Å². The molecule has 0 N–H and O–H groups in total.